The van der Waals surface area contributed by atoms with E-state index in [9.17, 15) is 14.9 Å². The molecule has 0 saturated heterocycles. The topological polar surface area (TPSA) is 81.5 Å². The van der Waals surface area contributed by atoms with E-state index in [0.29, 0.717) is 17.9 Å². The number of nitrogens with one attached hydrogen (secondary N) is 1. The van der Waals surface area contributed by atoms with Gasteiger partial charge < -0.3 is 10.1 Å². The van der Waals surface area contributed by atoms with Gasteiger partial charge in [-0.1, -0.05) is 11.6 Å². The summed E-state index contributed by atoms with van der Waals surface area (Å²) in [6.07, 6.45) is 2.55. The third kappa shape index (κ3) is 2.95. The molecule has 0 radical (unpaired) electrons. The maximum absolute atomic E-state index is 12.6. The quantitative estimate of drug-likeness (QED) is 0.498. The minimum atomic E-state index is -0.909. The summed E-state index contributed by atoms with van der Waals surface area (Å²) >= 11 is 0. The number of hydrogen-bond donors (Lipinski definition) is 1. The second-order valence-electron chi connectivity index (χ2n) is 5.74. The summed E-state index contributed by atoms with van der Waals surface area (Å²) in [6.45, 7) is 3.64. The molecule has 0 unspecified atom stereocenters. The number of amides is 1. The van der Waals surface area contributed by atoms with Crippen molar-refractivity contribution in [2.24, 2.45) is 0 Å². The van der Waals surface area contributed by atoms with Gasteiger partial charge in [0.05, 0.1) is 12.5 Å². The number of anilines is 1. The Morgan fingerprint density at radius 3 is 2.77 bits per heavy atom. The highest BCUT2D eigenvalue weighted by molar-refractivity contribution is 6.06. The Hall–Kier alpha value is -2.37. The molecule has 1 aliphatic heterocycles. The fourth-order valence-corrected chi connectivity index (χ4v) is 2.73. The number of carbonyl (C=O) groups excluding carboxylic acids is 1. The molecule has 22 heavy (non-hydrogen) atoms. The lowest BCUT2D eigenvalue weighted by molar-refractivity contribution is -0.481. The number of nitro groups is 1. The summed E-state index contributed by atoms with van der Waals surface area (Å²) in [6, 6.07) is 5.35. The lowest BCUT2D eigenvalue weighted by Crippen LogP contribution is -2.36. The summed E-state index contributed by atoms with van der Waals surface area (Å²) < 4.78 is 5.23. The van der Waals surface area contributed by atoms with Gasteiger partial charge >= 0.3 is 0 Å². The molecule has 118 valence electrons. The largest absolute Gasteiger partial charge is 0.497 e. The van der Waals surface area contributed by atoms with E-state index in [0.717, 1.165) is 11.1 Å². The molecule has 0 aromatic heterocycles. The van der Waals surface area contributed by atoms with Crippen molar-refractivity contribution in [1.29, 1.82) is 0 Å². The minimum Gasteiger partial charge on any atom is -0.497 e. The van der Waals surface area contributed by atoms with Crippen LogP contribution in [-0.2, 0) is 10.2 Å². The molecule has 2 rings (SSSR count). The van der Waals surface area contributed by atoms with Crippen molar-refractivity contribution in [3.05, 3.63) is 45.5 Å². The molecule has 6 nitrogen and oxygen atoms in total. The normalized spacial score (nSPS) is 19.3. The van der Waals surface area contributed by atoms with Crippen LogP contribution in [0.25, 0.3) is 0 Å². The van der Waals surface area contributed by atoms with Crippen molar-refractivity contribution in [1.82, 2.24) is 0 Å². The Morgan fingerprint density at radius 1 is 1.45 bits per heavy atom. The molecule has 6 heteroatoms. The monoisotopic (exact) mass is 304 g/mol. The van der Waals surface area contributed by atoms with Crippen LogP contribution in [-0.4, -0.2) is 24.5 Å². The average molecular weight is 304 g/mol. The average Bonchev–Trinajstić information content (AvgIpc) is 2.74. The second kappa shape index (κ2) is 6.17. The van der Waals surface area contributed by atoms with Crippen molar-refractivity contribution < 1.29 is 14.5 Å². The molecule has 0 saturated carbocycles. The van der Waals surface area contributed by atoms with Crippen LogP contribution in [0.4, 0.5) is 5.69 Å². The Balaban J connectivity index is 2.49. The summed E-state index contributed by atoms with van der Waals surface area (Å²) in [5, 5.41) is 13.7. The van der Waals surface area contributed by atoms with Crippen LogP contribution in [0.15, 0.2) is 29.8 Å². The molecule has 1 heterocycles. The van der Waals surface area contributed by atoms with E-state index >= 15 is 0 Å². The van der Waals surface area contributed by atoms with Gasteiger partial charge in [0.1, 0.15) is 5.75 Å². The van der Waals surface area contributed by atoms with Gasteiger partial charge in [-0.05, 0) is 44.0 Å². The highest BCUT2D eigenvalue weighted by atomic mass is 16.6. The third-order valence-electron chi connectivity index (χ3n) is 4.01. The van der Waals surface area contributed by atoms with Gasteiger partial charge in [-0.15, -0.1) is 0 Å². The molecule has 1 aromatic rings. The molecule has 1 aliphatic rings. The van der Waals surface area contributed by atoms with Crippen molar-refractivity contribution in [3.63, 3.8) is 0 Å². The number of benzene rings is 1. The smallest absolute Gasteiger partial charge is 0.235 e. The van der Waals surface area contributed by atoms with Gasteiger partial charge in [0.15, 0.2) is 0 Å². The molecule has 0 fully saturated rings. The fraction of sp³-hybridized carbons (Fsp3) is 0.438. The number of methoxy groups -OCH3 is 1. The number of carbonyl (C=O) groups is 1. The summed E-state index contributed by atoms with van der Waals surface area (Å²) in [4.78, 5) is 23.0. The maximum atomic E-state index is 12.6. The lowest BCUT2D eigenvalue weighted by Gasteiger charge is -2.25. The first-order chi connectivity index (χ1) is 10.4. The zero-order valence-electron chi connectivity index (χ0n) is 13.0. The highest BCUT2D eigenvalue weighted by Gasteiger charge is 2.47. The number of ether oxygens (including phenoxy) is 1. The predicted octanol–water partition coefficient (Wildman–Crippen LogP) is 2.91. The number of nitrogens with zero attached hydrogens (tertiary/aromatic N) is 1. The first-order valence-electron chi connectivity index (χ1n) is 7.14. The Labute approximate surface area is 129 Å². The Bertz CT molecular complexity index is 635. The van der Waals surface area contributed by atoms with E-state index in [2.05, 4.69) is 5.32 Å². The number of hydrogen-bond acceptors (Lipinski definition) is 4. The van der Waals surface area contributed by atoms with Crippen molar-refractivity contribution in [2.45, 2.75) is 32.1 Å². The van der Waals surface area contributed by atoms with Gasteiger partial charge in [-0.3, -0.25) is 14.9 Å². The molecule has 0 aliphatic carbocycles. The summed E-state index contributed by atoms with van der Waals surface area (Å²) in [5.41, 5.74) is 1.64. The highest BCUT2D eigenvalue weighted by Crippen LogP contribution is 2.44. The summed E-state index contributed by atoms with van der Waals surface area (Å²) in [5.74, 6) is 0.452. The van der Waals surface area contributed by atoms with Crippen LogP contribution in [0.5, 0.6) is 5.75 Å². The van der Waals surface area contributed by atoms with Crippen LogP contribution in [0.3, 0.4) is 0 Å². The molecule has 1 aromatic carbocycles. The van der Waals surface area contributed by atoms with Crippen LogP contribution in [0.2, 0.25) is 0 Å². The van der Waals surface area contributed by atoms with Gasteiger partial charge in [0, 0.05) is 17.0 Å². The Kier molecular flexibility index (Phi) is 4.49. The predicted molar refractivity (Wildman–Crippen MR) is 83.8 cm³/mol. The zero-order chi connectivity index (χ0) is 16.3. The van der Waals surface area contributed by atoms with E-state index in [4.69, 9.17) is 4.74 Å². The van der Waals surface area contributed by atoms with E-state index in [1.165, 1.54) is 0 Å². The SMILES string of the molecule is COc1ccc2c(c1)[C@](CC=C(C)C)(CC[N+](=O)[O-])C(=O)N2. The number of allylic oxidation sites excluding steroid dienone is 2. The number of fused-ring (bicyclic) bond motifs is 1. The molecule has 0 bridgehead atoms. The molecule has 1 N–H and O–H groups in total. The standard InChI is InChI=1S/C16H20N2O4/c1-11(2)6-7-16(8-9-18(20)21)13-10-12(22-3)4-5-14(13)17-15(16)19/h4-6,10H,7-9H2,1-3H3,(H,17,19)/t16-/m0/s1. The maximum Gasteiger partial charge on any atom is 0.235 e. The van der Waals surface area contributed by atoms with E-state index < -0.39 is 5.41 Å². The molecule has 0 spiro atoms. The van der Waals surface area contributed by atoms with Crippen LogP contribution in [0.1, 0.15) is 32.3 Å². The van der Waals surface area contributed by atoms with Crippen LogP contribution in [0, 0.1) is 10.1 Å². The van der Waals surface area contributed by atoms with E-state index in [1.807, 2.05) is 19.9 Å². The first-order valence-corrected chi connectivity index (χ1v) is 7.14. The zero-order valence-corrected chi connectivity index (χ0v) is 13.0. The van der Waals surface area contributed by atoms with Crippen molar-refractivity contribution in [3.8, 4) is 5.75 Å². The lowest BCUT2D eigenvalue weighted by atomic mass is 9.75. The second-order valence-corrected chi connectivity index (χ2v) is 5.74. The minimum absolute atomic E-state index is 0.162. The van der Waals surface area contributed by atoms with E-state index in [-0.39, 0.29) is 23.8 Å². The Morgan fingerprint density at radius 2 is 2.18 bits per heavy atom. The van der Waals surface area contributed by atoms with Gasteiger partial charge in [-0.2, -0.15) is 0 Å². The first kappa shape index (κ1) is 16.0. The van der Waals surface area contributed by atoms with Crippen LogP contribution >= 0.6 is 0 Å². The van der Waals surface area contributed by atoms with Crippen molar-refractivity contribution >= 4 is 11.6 Å². The molecular formula is C16H20N2O4. The summed E-state index contributed by atoms with van der Waals surface area (Å²) in [7, 11) is 1.56. The van der Waals surface area contributed by atoms with Crippen molar-refractivity contribution in [2.75, 3.05) is 19.0 Å². The van der Waals surface area contributed by atoms with Gasteiger partial charge in [0.2, 0.25) is 12.5 Å². The third-order valence-corrected chi connectivity index (χ3v) is 4.01. The number of rotatable bonds is 6. The fourth-order valence-electron chi connectivity index (χ4n) is 2.73. The van der Waals surface area contributed by atoms with Gasteiger partial charge in [-0.25, -0.2) is 0 Å². The van der Waals surface area contributed by atoms with Crippen LogP contribution < -0.4 is 10.1 Å². The van der Waals surface area contributed by atoms with E-state index in [1.54, 1.807) is 25.3 Å². The molecular weight excluding hydrogens is 284 g/mol. The molecule has 1 amide bonds. The molecule has 1 atom stereocenters. The van der Waals surface area contributed by atoms with Gasteiger partial charge in [0.25, 0.3) is 0 Å².